The molecule has 2 N–H and O–H groups in total. The number of nitrogens with zero attached hydrogens (tertiary/aromatic N) is 1. The van der Waals surface area contributed by atoms with Crippen LogP contribution in [0.4, 0.5) is 0 Å². The molecular formula is C10H18N2O2. The lowest BCUT2D eigenvalue weighted by Gasteiger charge is -2.27. The molecule has 1 aliphatic rings. The molecule has 0 spiro atoms. The second-order valence-electron chi connectivity index (χ2n) is 4.33. The molecule has 14 heavy (non-hydrogen) atoms. The number of amides is 2. The number of carbonyl (C=O) groups excluding carboxylic acids is 2. The van der Waals surface area contributed by atoms with E-state index in [1.165, 1.54) is 0 Å². The minimum Gasteiger partial charge on any atom is -0.369 e. The van der Waals surface area contributed by atoms with Crippen molar-refractivity contribution in [1.29, 1.82) is 0 Å². The van der Waals surface area contributed by atoms with Crippen LogP contribution < -0.4 is 5.73 Å². The second kappa shape index (κ2) is 3.98. The normalized spacial score (nSPS) is 24.4. The van der Waals surface area contributed by atoms with Gasteiger partial charge in [-0.3, -0.25) is 9.59 Å². The van der Waals surface area contributed by atoms with Crippen LogP contribution in [0.15, 0.2) is 0 Å². The van der Waals surface area contributed by atoms with Crippen molar-refractivity contribution in [2.24, 2.45) is 17.6 Å². The lowest BCUT2D eigenvalue weighted by atomic mass is 10.1. The first-order valence-electron chi connectivity index (χ1n) is 5.02. The van der Waals surface area contributed by atoms with E-state index in [0.29, 0.717) is 12.5 Å². The molecule has 0 aromatic heterocycles. The molecule has 0 aromatic carbocycles. The fourth-order valence-electron chi connectivity index (χ4n) is 1.68. The minimum absolute atomic E-state index is 0.0509. The van der Waals surface area contributed by atoms with Crippen LogP contribution in [-0.2, 0) is 9.59 Å². The predicted molar refractivity (Wildman–Crippen MR) is 53.3 cm³/mol. The predicted octanol–water partition coefficient (Wildman–Crippen LogP) is 0.365. The van der Waals surface area contributed by atoms with E-state index in [2.05, 4.69) is 13.8 Å². The maximum absolute atomic E-state index is 11.6. The van der Waals surface area contributed by atoms with Crippen molar-refractivity contribution in [3.8, 4) is 0 Å². The van der Waals surface area contributed by atoms with Gasteiger partial charge in [0, 0.05) is 19.0 Å². The van der Waals surface area contributed by atoms with E-state index in [0.717, 1.165) is 0 Å². The van der Waals surface area contributed by atoms with Crippen molar-refractivity contribution in [2.75, 3.05) is 6.54 Å². The summed E-state index contributed by atoms with van der Waals surface area (Å²) in [5.74, 6) is -0.193. The zero-order chi connectivity index (χ0) is 10.9. The molecule has 0 aliphatic carbocycles. The van der Waals surface area contributed by atoms with Gasteiger partial charge in [-0.2, -0.15) is 0 Å². The molecule has 0 aromatic rings. The fraction of sp³-hybridized carbons (Fsp3) is 0.800. The van der Waals surface area contributed by atoms with E-state index in [1.807, 2.05) is 6.92 Å². The Balaban J connectivity index is 2.65. The average Bonchev–Trinajstić information content (AvgIpc) is 2.46. The number of primary amides is 1. The molecule has 80 valence electrons. The SMILES string of the molecule is CC(C)C(C)N1CC(C(N)=O)CC1=O. The summed E-state index contributed by atoms with van der Waals surface area (Å²) in [7, 11) is 0. The Bertz CT molecular complexity index is 251. The number of likely N-dealkylation sites (tertiary alicyclic amines) is 1. The van der Waals surface area contributed by atoms with E-state index in [4.69, 9.17) is 5.73 Å². The highest BCUT2D eigenvalue weighted by Gasteiger charge is 2.36. The minimum atomic E-state index is -0.364. The summed E-state index contributed by atoms with van der Waals surface area (Å²) in [6.07, 6.45) is 0.284. The van der Waals surface area contributed by atoms with Crippen LogP contribution in [0.25, 0.3) is 0 Å². The summed E-state index contributed by atoms with van der Waals surface area (Å²) in [4.78, 5) is 24.2. The van der Waals surface area contributed by atoms with Gasteiger partial charge in [-0.25, -0.2) is 0 Å². The summed E-state index contributed by atoms with van der Waals surface area (Å²) >= 11 is 0. The average molecular weight is 198 g/mol. The second-order valence-corrected chi connectivity index (χ2v) is 4.33. The number of hydrogen-bond donors (Lipinski definition) is 1. The van der Waals surface area contributed by atoms with Gasteiger partial charge in [-0.05, 0) is 12.8 Å². The lowest BCUT2D eigenvalue weighted by molar-refractivity contribution is -0.130. The fourth-order valence-corrected chi connectivity index (χ4v) is 1.68. The molecule has 1 fully saturated rings. The Morgan fingerprint density at radius 3 is 2.43 bits per heavy atom. The van der Waals surface area contributed by atoms with Crippen molar-refractivity contribution in [1.82, 2.24) is 4.90 Å². The molecule has 2 amide bonds. The molecule has 1 saturated heterocycles. The summed E-state index contributed by atoms with van der Waals surface area (Å²) < 4.78 is 0. The van der Waals surface area contributed by atoms with Crippen LogP contribution in [0, 0.1) is 11.8 Å². The summed E-state index contributed by atoms with van der Waals surface area (Å²) in [5.41, 5.74) is 5.18. The van der Waals surface area contributed by atoms with E-state index in [1.54, 1.807) is 4.90 Å². The molecule has 1 aliphatic heterocycles. The van der Waals surface area contributed by atoms with Crippen LogP contribution in [0.5, 0.6) is 0 Å². The molecule has 2 atom stereocenters. The molecule has 0 saturated carbocycles. The molecule has 1 heterocycles. The van der Waals surface area contributed by atoms with Gasteiger partial charge < -0.3 is 10.6 Å². The van der Waals surface area contributed by atoms with Gasteiger partial charge in [0.1, 0.15) is 0 Å². The Morgan fingerprint density at radius 2 is 2.07 bits per heavy atom. The zero-order valence-corrected chi connectivity index (χ0v) is 8.99. The highest BCUT2D eigenvalue weighted by Crippen LogP contribution is 2.22. The topological polar surface area (TPSA) is 63.4 Å². The quantitative estimate of drug-likeness (QED) is 0.712. The third kappa shape index (κ3) is 2.05. The van der Waals surface area contributed by atoms with Gasteiger partial charge >= 0.3 is 0 Å². The van der Waals surface area contributed by atoms with Crippen LogP contribution in [0.2, 0.25) is 0 Å². The Morgan fingerprint density at radius 1 is 1.50 bits per heavy atom. The van der Waals surface area contributed by atoms with Crippen molar-refractivity contribution in [3.63, 3.8) is 0 Å². The molecule has 4 nitrogen and oxygen atoms in total. The van der Waals surface area contributed by atoms with E-state index < -0.39 is 0 Å². The van der Waals surface area contributed by atoms with Gasteiger partial charge in [0.15, 0.2) is 0 Å². The standard InChI is InChI=1S/C10H18N2O2/c1-6(2)7(3)12-5-8(10(11)14)4-9(12)13/h6-8H,4-5H2,1-3H3,(H2,11,14). The van der Waals surface area contributed by atoms with Crippen LogP contribution in [-0.4, -0.2) is 29.3 Å². The van der Waals surface area contributed by atoms with Gasteiger partial charge in [0.25, 0.3) is 0 Å². The highest BCUT2D eigenvalue weighted by molar-refractivity contribution is 5.88. The van der Waals surface area contributed by atoms with Gasteiger partial charge in [0.05, 0.1) is 5.92 Å². The Kier molecular flexibility index (Phi) is 3.13. The van der Waals surface area contributed by atoms with Crippen molar-refractivity contribution in [3.05, 3.63) is 0 Å². The third-order valence-corrected chi connectivity index (χ3v) is 3.02. The summed E-state index contributed by atoms with van der Waals surface area (Å²) in [6, 6.07) is 0.187. The number of rotatable bonds is 3. The van der Waals surface area contributed by atoms with E-state index >= 15 is 0 Å². The summed E-state index contributed by atoms with van der Waals surface area (Å²) in [5, 5.41) is 0. The van der Waals surface area contributed by atoms with Crippen molar-refractivity contribution in [2.45, 2.75) is 33.2 Å². The molecule has 1 rings (SSSR count). The van der Waals surface area contributed by atoms with Crippen molar-refractivity contribution >= 4 is 11.8 Å². The third-order valence-electron chi connectivity index (χ3n) is 3.02. The number of carbonyl (C=O) groups is 2. The number of hydrogen-bond acceptors (Lipinski definition) is 2. The zero-order valence-electron chi connectivity index (χ0n) is 8.99. The first-order chi connectivity index (χ1) is 6.43. The van der Waals surface area contributed by atoms with Gasteiger partial charge in [0.2, 0.25) is 11.8 Å². The molecule has 0 radical (unpaired) electrons. The monoisotopic (exact) mass is 198 g/mol. The summed E-state index contributed by atoms with van der Waals surface area (Å²) in [6.45, 7) is 6.63. The van der Waals surface area contributed by atoms with Crippen LogP contribution >= 0.6 is 0 Å². The Labute approximate surface area is 84.4 Å². The van der Waals surface area contributed by atoms with Crippen LogP contribution in [0.3, 0.4) is 0 Å². The molecule has 0 bridgehead atoms. The van der Waals surface area contributed by atoms with Crippen molar-refractivity contribution < 1.29 is 9.59 Å². The first kappa shape index (κ1) is 11.0. The Hall–Kier alpha value is -1.06. The molecule has 2 unspecified atom stereocenters. The van der Waals surface area contributed by atoms with Crippen LogP contribution in [0.1, 0.15) is 27.2 Å². The maximum atomic E-state index is 11.6. The molecular weight excluding hydrogens is 180 g/mol. The number of nitrogens with two attached hydrogens (primary N) is 1. The lowest BCUT2D eigenvalue weighted by Crippen LogP contribution is -2.38. The van der Waals surface area contributed by atoms with Gasteiger partial charge in [-0.1, -0.05) is 13.8 Å². The molecule has 4 heteroatoms. The largest absolute Gasteiger partial charge is 0.369 e. The van der Waals surface area contributed by atoms with E-state index in [9.17, 15) is 9.59 Å². The van der Waals surface area contributed by atoms with E-state index in [-0.39, 0.29) is 30.2 Å². The maximum Gasteiger partial charge on any atom is 0.223 e. The highest BCUT2D eigenvalue weighted by atomic mass is 16.2. The van der Waals surface area contributed by atoms with Gasteiger partial charge in [-0.15, -0.1) is 0 Å². The first-order valence-corrected chi connectivity index (χ1v) is 5.02. The smallest absolute Gasteiger partial charge is 0.223 e.